The van der Waals surface area contributed by atoms with E-state index in [1.807, 2.05) is 24.3 Å². The quantitative estimate of drug-likeness (QED) is 0.928. The van der Waals surface area contributed by atoms with Gasteiger partial charge in [0.15, 0.2) is 0 Å². The molecule has 1 amide bonds. The highest BCUT2D eigenvalue weighted by Crippen LogP contribution is 2.23. The van der Waals surface area contributed by atoms with Crippen molar-refractivity contribution in [2.24, 2.45) is 5.92 Å². The predicted octanol–water partition coefficient (Wildman–Crippen LogP) is 2.58. The molecule has 1 atom stereocenters. The van der Waals surface area contributed by atoms with Crippen LogP contribution in [0.5, 0.6) is 0 Å². The number of likely N-dealkylation sites (tertiary alicyclic amines) is 1. The van der Waals surface area contributed by atoms with Gasteiger partial charge in [0.25, 0.3) is 0 Å². The lowest BCUT2D eigenvalue weighted by molar-refractivity contribution is -0.141. The van der Waals surface area contributed by atoms with E-state index in [9.17, 15) is 9.59 Å². The van der Waals surface area contributed by atoms with E-state index in [0.717, 1.165) is 15.2 Å². The van der Waals surface area contributed by atoms with Crippen LogP contribution in [0.2, 0.25) is 0 Å². The molecule has 5 nitrogen and oxygen atoms in total. The zero-order chi connectivity index (χ0) is 14.8. The molecule has 1 aliphatic rings. The third-order valence-corrected chi connectivity index (χ3v) is 4.88. The number of fused-ring (bicyclic) bond motifs is 1. The monoisotopic (exact) mass is 340 g/mol. The molecule has 22 heavy (non-hydrogen) atoms. The van der Waals surface area contributed by atoms with E-state index in [4.69, 9.17) is 5.11 Å². The van der Waals surface area contributed by atoms with E-state index < -0.39 is 11.9 Å². The predicted molar refractivity (Wildman–Crippen MR) is 87.5 cm³/mol. The SMILES string of the molecule is Cl.O=C(O)C1CCN(C(=O)CCc2nc3ccccc3s2)C1. The van der Waals surface area contributed by atoms with Gasteiger partial charge in [0.05, 0.1) is 21.1 Å². The number of aryl methyl sites for hydroxylation is 1. The van der Waals surface area contributed by atoms with Gasteiger partial charge in [0.1, 0.15) is 0 Å². The fourth-order valence-electron chi connectivity index (χ4n) is 2.59. The minimum Gasteiger partial charge on any atom is -0.481 e. The van der Waals surface area contributed by atoms with E-state index in [1.54, 1.807) is 16.2 Å². The van der Waals surface area contributed by atoms with E-state index in [1.165, 1.54) is 0 Å². The second-order valence-electron chi connectivity index (χ2n) is 5.24. The fourth-order valence-corrected chi connectivity index (χ4v) is 3.55. The molecule has 0 radical (unpaired) electrons. The van der Waals surface area contributed by atoms with Crippen molar-refractivity contribution in [3.63, 3.8) is 0 Å². The van der Waals surface area contributed by atoms with Gasteiger partial charge in [0, 0.05) is 25.9 Å². The minimum atomic E-state index is -0.809. The number of thiazole rings is 1. The third kappa shape index (κ3) is 3.56. The minimum absolute atomic E-state index is 0. The van der Waals surface area contributed by atoms with Crippen molar-refractivity contribution < 1.29 is 14.7 Å². The highest BCUT2D eigenvalue weighted by molar-refractivity contribution is 7.18. The van der Waals surface area contributed by atoms with Crippen LogP contribution in [-0.2, 0) is 16.0 Å². The molecule has 1 aromatic carbocycles. The standard InChI is InChI=1S/C15H16N2O3S.ClH/c18-14(17-8-7-10(9-17)15(19)20)6-5-13-16-11-3-1-2-4-12(11)21-13;/h1-4,10H,5-9H2,(H,19,20);1H. The third-order valence-electron chi connectivity index (χ3n) is 3.78. The number of halogens is 1. The molecule has 1 aromatic heterocycles. The zero-order valence-corrected chi connectivity index (χ0v) is 13.5. The van der Waals surface area contributed by atoms with Crippen molar-refractivity contribution >= 4 is 45.8 Å². The molecule has 1 aliphatic heterocycles. The number of aliphatic carboxylic acids is 1. The van der Waals surface area contributed by atoms with Crippen molar-refractivity contribution in [2.75, 3.05) is 13.1 Å². The molecule has 3 rings (SSSR count). The summed E-state index contributed by atoms with van der Waals surface area (Å²) in [6, 6.07) is 7.92. The van der Waals surface area contributed by atoms with E-state index in [-0.39, 0.29) is 18.3 Å². The Morgan fingerprint density at radius 2 is 2.14 bits per heavy atom. The summed E-state index contributed by atoms with van der Waals surface area (Å²) >= 11 is 1.61. The maximum atomic E-state index is 12.1. The molecule has 7 heteroatoms. The van der Waals surface area contributed by atoms with Crippen LogP contribution in [-0.4, -0.2) is 40.0 Å². The Labute approximate surface area is 138 Å². The molecule has 1 N–H and O–H groups in total. The number of nitrogens with zero attached hydrogens (tertiary/aromatic N) is 2. The summed E-state index contributed by atoms with van der Waals surface area (Å²) in [6.07, 6.45) is 1.57. The molecule has 1 saturated heterocycles. The second-order valence-corrected chi connectivity index (χ2v) is 6.35. The lowest BCUT2D eigenvalue weighted by Crippen LogP contribution is -2.30. The van der Waals surface area contributed by atoms with Crippen LogP contribution in [0, 0.1) is 5.92 Å². The summed E-state index contributed by atoms with van der Waals surface area (Å²) in [5.74, 6) is -1.19. The van der Waals surface area contributed by atoms with Gasteiger partial charge in [-0.15, -0.1) is 23.7 Å². The number of hydrogen-bond acceptors (Lipinski definition) is 4. The molecule has 2 aromatic rings. The van der Waals surface area contributed by atoms with Gasteiger partial charge in [0.2, 0.25) is 5.91 Å². The van der Waals surface area contributed by atoms with Crippen LogP contribution < -0.4 is 0 Å². The first-order valence-corrected chi connectivity index (χ1v) is 7.80. The van der Waals surface area contributed by atoms with Gasteiger partial charge >= 0.3 is 5.97 Å². The topological polar surface area (TPSA) is 70.5 Å². The molecule has 1 fully saturated rings. The Morgan fingerprint density at radius 3 is 2.82 bits per heavy atom. The molecule has 0 saturated carbocycles. The Bertz CT molecular complexity index is 655. The summed E-state index contributed by atoms with van der Waals surface area (Å²) in [6.45, 7) is 0.893. The number of rotatable bonds is 4. The van der Waals surface area contributed by atoms with Crippen LogP contribution >= 0.6 is 23.7 Å². The van der Waals surface area contributed by atoms with E-state index in [2.05, 4.69) is 4.98 Å². The number of carbonyl (C=O) groups excluding carboxylic acids is 1. The molecule has 0 bridgehead atoms. The number of hydrogen-bond donors (Lipinski definition) is 1. The summed E-state index contributed by atoms with van der Waals surface area (Å²) < 4.78 is 1.13. The first-order chi connectivity index (χ1) is 10.1. The Morgan fingerprint density at radius 1 is 1.36 bits per heavy atom. The lowest BCUT2D eigenvalue weighted by atomic mass is 10.1. The molecule has 0 aliphatic carbocycles. The van der Waals surface area contributed by atoms with Crippen molar-refractivity contribution in [3.8, 4) is 0 Å². The number of amides is 1. The van der Waals surface area contributed by atoms with Crippen LogP contribution in [0.1, 0.15) is 17.8 Å². The van der Waals surface area contributed by atoms with Crippen LogP contribution in [0.15, 0.2) is 24.3 Å². The fraction of sp³-hybridized carbons (Fsp3) is 0.400. The largest absolute Gasteiger partial charge is 0.481 e. The van der Waals surface area contributed by atoms with Gasteiger partial charge < -0.3 is 10.0 Å². The van der Waals surface area contributed by atoms with E-state index in [0.29, 0.717) is 32.4 Å². The lowest BCUT2D eigenvalue weighted by Gasteiger charge is -2.15. The van der Waals surface area contributed by atoms with Crippen molar-refractivity contribution in [2.45, 2.75) is 19.3 Å². The van der Waals surface area contributed by atoms with E-state index >= 15 is 0 Å². The smallest absolute Gasteiger partial charge is 0.308 e. The summed E-state index contributed by atoms with van der Waals surface area (Å²) in [5.41, 5.74) is 0.970. The van der Waals surface area contributed by atoms with Crippen LogP contribution in [0.3, 0.4) is 0 Å². The molecule has 1 unspecified atom stereocenters. The first-order valence-electron chi connectivity index (χ1n) is 6.98. The van der Waals surface area contributed by atoms with Crippen LogP contribution in [0.4, 0.5) is 0 Å². The number of carboxylic acids is 1. The number of aromatic nitrogens is 1. The molecule has 0 spiro atoms. The average molecular weight is 341 g/mol. The van der Waals surface area contributed by atoms with Gasteiger partial charge in [-0.05, 0) is 18.6 Å². The van der Waals surface area contributed by atoms with Crippen molar-refractivity contribution in [3.05, 3.63) is 29.3 Å². The Hall–Kier alpha value is -1.66. The first kappa shape index (κ1) is 16.7. The average Bonchev–Trinajstić information content (AvgIpc) is 3.11. The maximum absolute atomic E-state index is 12.1. The van der Waals surface area contributed by atoms with Crippen molar-refractivity contribution in [1.29, 1.82) is 0 Å². The normalized spacial score (nSPS) is 17.5. The molecular weight excluding hydrogens is 324 g/mol. The van der Waals surface area contributed by atoms with Gasteiger partial charge in [-0.3, -0.25) is 9.59 Å². The number of para-hydroxylation sites is 1. The molecular formula is C15H17ClN2O3S. The van der Waals surface area contributed by atoms with Crippen molar-refractivity contribution in [1.82, 2.24) is 9.88 Å². The highest BCUT2D eigenvalue weighted by atomic mass is 35.5. The summed E-state index contributed by atoms with van der Waals surface area (Å²) in [7, 11) is 0. The zero-order valence-electron chi connectivity index (χ0n) is 11.9. The number of carbonyl (C=O) groups is 2. The number of benzene rings is 1. The van der Waals surface area contributed by atoms with Crippen LogP contribution in [0.25, 0.3) is 10.2 Å². The Kier molecular flexibility index (Phi) is 5.37. The molecule has 118 valence electrons. The number of carboxylic acid groups (broad SMARTS) is 1. The molecule has 2 heterocycles. The second kappa shape index (κ2) is 7.07. The Balaban J connectivity index is 0.00000176. The summed E-state index contributed by atoms with van der Waals surface area (Å²) in [5, 5.41) is 9.91. The maximum Gasteiger partial charge on any atom is 0.308 e. The van der Waals surface area contributed by atoms with Gasteiger partial charge in [-0.2, -0.15) is 0 Å². The van der Waals surface area contributed by atoms with Gasteiger partial charge in [-0.25, -0.2) is 4.98 Å². The highest BCUT2D eigenvalue weighted by Gasteiger charge is 2.30. The summed E-state index contributed by atoms with van der Waals surface area (Å²) in [4.78, 5) is 29.2. The van der Waals surface area contributed by atoms with Gasteiger partial charge in [-0.1, -0.05) is 12.1 Å².